The summed E-state index contributed by atoms with van der Waals surface area (Å²) in [6.07, 6.45) is -0.265. The van der Waals surface area contributed by atoms with Crippen LogP contribution in [0, 0.1) is 0 Å². The van der Waals surface area contributed by atoms with Crippen LogP contribution in [0.4, 0.5) is 29.3 Å². The molecule has 3 aromatic rings. The Morgan fingerprint density at radius 3 is 2.47 bits per heavy atom. The maximum absolute atomic E-state index is 12.8. The van der Waals surface area contributed by atoms with Crippen molar-refractivity contribution >= 4 is 28.3 Å². The molecule has 2 amide bonds. The van der Waals surface area contributed by atoms with E-state index in [0.29, 0.717) is 11.6 Å². The highest BCUT2D eigenvalue weighted by molar-refractivity contribution is 6.01. The summed E-state index contributed by atoms with van der Waals surface area (Å²) in [5.74, 6) is 0.462. The van der Waals surface area contributed by atoms with E-state index in [1.165, 1.54) is 17.7 Å². The van der Waals surface area contributed by atoms with Crippen LogP contribution in [0.1, 0.15) is 29.9 Å². The molecule has 0 saturated carbocycles. The molecule has 0 unspecified atom stereocenters. The molecule has 2 heterocycles. The van der Waals surface area contributed by atoms with Gasteiger partial charge in [0.15, 0.2) is 0 Å². The summed E-state index contributed by atoms with van der Waals surface area (Å²) in [5, 5.41) is 6.24. The molecule has 0 bridgehead atoms. The molecular weight excluding hydrogens is 393 g/mol. The maximum atomic E-state index is 12.8. The topological polar surface area (TPSA) is 60.2 Å². The van der Waals surface area contributed by atoms with E-state index in [-0.39, 0.29) is 5.69 Å². The van der Waals surface area contributed by atoms with E-state index in [9.17, 15) is 18.0 Å². The van der Waals surface area contributed by atoms with Gasteiger partial charge in [-0.25, -0.2) is 4.79 Å². The molecule has 0 spiro atoms. The number of alkyl halides is 3. The maximum Gasteiger partial charge on any atom is 0.416 e. The molecule has 0 radical (unpaired) electrons. The summed E-state index contributed by atoms with van der Waals surface area (Å²) >= 11 is 0. The molecule has 30 heavy (non-hydrogen) atoms. The standard InChI is InChI=1S/C22H23F3N4O/c1-29-9-7-14(8-10-29)19-13-26-20-6-5-17(12-18(19)20)28-21(30)27-16-4-2-3-15(11-16)22(23,24)25/h2-6,11-14,26H,7-10H2,1H3,(H2,27,28,30). The van der Waals surface area contributed by atoms with Gasteiger partial charge in [-0.1, -0.05) is 6.07 Å². The monoisotopic (exact) mass is 416 g/mol. The van der Waals surface area contributed by atoms with Gasteiger partial charge < -0.3 is 20.5 Å². The molecule has 0 atom stereocenters. The zero-order valence-electron chi connectivity index (χ0n) is 16.5. The molecule has 1 fully saturated rings. The zero-order chi connectivity index (χ0) is 21.3. The highest BCUT2D eigenvalue weighted by Gasteiger charge is 2.30. The number of hydrogen-bond acceptors (Lipinski definition) is 2. The van der Waals surface area contributed by atoms with Crippen LogP contribution in [0.5, 0.6) is 0 Å². The summed E-state index contributed by atoms with van der Waals surface area (Å²) in [4.78, 5) is 17.9. The Balaban J connectivity index is 1.49. The fourth-order valence-corrected chi connectivity index (χ4v) is 3.94. The van der Waals surface area contributed by atoms with Gasteiger partial charge in [0.05, 0.1) is 5.56 Å². The third-order valence-electron chi connectivity index (χ3n) is 5.58. The number of piperidine rings is 1. The van der Waals surface area contributed by atoms with E-state index >= 15 is 0 Å². The molecule has 2 aromatic carbocycles. The molecule has 0 aliphatic carbocycles. The van der Waals surface area contributed by atoms with Crippen LogP contribution in [-0.2, 0) is 6.18 Å². The van der Waals surface area contributed by atoms with Gasteiger partial charge in [0.2, 0.25) is 0 Å². The van der Waals surface area contributed by atoms with Crippen LogP contribution in [0.2, 0.25) is 0 Å². The average Bonchev–Trinajstić information content (AvgIpc) is 3.11. The SMILES string of the molecule is CN1CCC(c2c[nH]c3ccc(NC(=O)Nc4cccc(C(F)(F)F)c4)cc23)CC1. The lowest BCUT2D eigenvalue weighted by atomic mass is 9.89. The molecular formula is C22H23F3N4O. The molecule has 1 saturated heterocycles. The predicted molar refractivity (Wildman–Crippen MR) is 112 cm³/mol. The van der Waals surface area contributed by atoms with Crippen molar-refractivity contribution < 1.29 is 18.0 Å². The summed E-state index contributed by atoms with van der Waals surface area (Å²) in [7, 11) is 2.12. The van der Waals surface area contributed by atoms with Crippen LogP contribution in [0.15, 0.2) is 48.7 Å². The van der Waals surface area contributed by atoms with Crippen LogP contribution >= 0.6 is 0 Å². The number of benzene rings is 2. The molecule has 5 nitrogen and oxygen atoms in total. The first kappa shape index (κ1) is 20.3. The average molecular weight is 416 g/mol. The Morgan fingerprint density at radius 2 is 1.77 bits per heavy atom. The fourth-order valence-electron chi connectivity index (χ4n) is 3.94. The Hall–Kier alpha value is -3.00. The number of anilines is 2. The molecule has 158 valence electrons. The number of aromatic nitrogens is 1. The molecule has 3 N–H and O–H groups in total. The van der Waals surface area contributed by atoms with Gasteiger partial charge in [-0.2, -0.15) is 13.2 Å². The molecule has 1 aliphatic rings. The lowest BCUT2D eigenvalue weighted by Crippen LogP contribution is -2.29. The van der Waals surface area contributed by atoms with Crippen LogP contribution < -0.4 is 10.6 Å². The minimum atomic E-state index is -4.46. The highest BCUT2D eigenvalue weighted by Crippen LogP contribution is 2.34. The van der Waals surface area contributed by atoms with E-state index in [2.05, 4.69) is 27.6 Å². The van der Waals surface area contributed by atoms with Crippen LogP contribution in [0.25, 0.3) is 10.9 Å². The number of urea groups is 1. The van der Waals surface area contributed by atoms with Gasteiger partial charge in [0.25, 0.3) is 0 Å². The quantitative estimate of drug-likeness (QED) is 0.518. The Kier molecular flexibility index (Phi) is 5.42. The van der Waals surface area contributed by atoms with Gasteiger partial charge in [0.1, 0.15) is 0 Å². The first-order valence-corrected chi connectivity index (χ1v) is 9.84. The smallest absolute Gasteiger partial charge is 0.361 e. The number of nitrogens with one attached hydrogen (secondary N) is 3. The number of amides is 2. The second kappa shape index (κ2) is 8.02. The van der Waals surface area contributed by atoms with E-state index in [1.54, 1.807) is 6.07 Å². The van der Waals surface area contributed by atoms with E-state index in [4.69, 9.17) is 0 Å². The largest absolute Gasteiger partial charge is 0.416 e. The summed E-state index contributed by atoms with van der Waals surface area (Å²) in [6.45, 7) is 2.10. The van der Waals surface area contributed by atoms with E-state index in [0.717, 1.165) is 49.0 Å². The summed E-state index contributed by atoms with van der Waals surface area (Å²) < 4.78 is 38.5. The molecule has 1 aliphatic heterocycles. The number of carbonyl (C=O) groups is 1. The van der Waals surface area contributed by atoms with Crippen molar-refractivity contribution in [3.63, 3.8) is 0 Å². The van der Waals surface area contributed by atoms with Crippen molar-refractivity contribution in [3.05, 3.63) is 59.8 Å². The lowest BCUT2D eigenvalue weighted by Gasteiger charge is -2.28. The number of carbonyl (C=O) groups excluding carboxylic acids is 1. The number of fused-ring (bicyclic) bond motifs is 1. The summed E-state index contributed by atoms with van der Waals surface area (Å²) in [5.41, 5.74) is 2.09. The van der Waals surface area contributed by atoms with Gasteiger partial charge in [-0.05, 0) is 80.9 Å². The van der Waals surface area contributed by atoms with Crippen molar-refractivity contribution in [3.8, 4) is 0 Å². The lowest BCUT2D eigenvalue weighted by molar-refractivity contribution is -0.137. The van der Waals surface area contributed by atoms with Gasteiger partial charge in [0, 0.05) is 28.5 Å². The summed E-state index contributed by atoms with van der Waals surface area (Å²) in [6, 6.07) is 9.54. The van der Waals surface area contributed by atoms with Crippen LogP contribution in [-0.4, -0.2) is 36.1 Å². The van der Waals surface area contributed by atoms with Gasteiger partial charge in [-0.15, -0.1) is 0 Å². The zero-order valence-corrected chi connectivity index (χ0v) is 16.5. The minimum absolute atomic E-state index is 0.0806. The predicted octanol–water partition coefficient (Wildman–Crippen LogP) is 5.64. The number of nitrogens with zero attached hydrogens (tertiary/aromatic N) is 1. The van der Waals surface area contributed by atoms with Crippen molar-refractivity contribution in [2.75, 3.05) is 30.8 Å². The van der Waals surface area contributed by atoms with Crippen molar-refractivity contribution in [1.82, 2.24) is 9.88 Å². The Labute approximate surface area is 172 Å². The molecule has 1 aromatic heterocycles. The van der Waals surface area contributed by atoms with Crippen LogP contribution in [0.3, 0.4) is 0 Å². The van der Waals surface area contributed by atoms with Gasteiger partial charge >= 0.3 is 12.2 Å². The number of rotatable bonds is 3. The second-order valence-electron chi connectivity index (χ2n) is 7.74. The second-order valence-corrected chi connectivity index (χ2v) is 7.74. The number of H-pyrrole nitrogens is 1. The van der Waals surface area contributed by atoms with E-state index in [1.807, 2.05) is 18.3 Å². The van der Waals surface area contributed by atoms with Crippen molar-refractivity contribution in [1.29, 1.82) is 0 Å². The third-order valence-corrected chi connectivity index (χ3v) is 5.58. The minimum Gasteiger partial charge on any atom is -0.361 e. The number of hydrogen-bond donors (Lipinski definition) is 3. The molecule has 4 rings (SSSR count). The van der Waals surface area contributed by atoms with E-state index < -0.39 is 17.8 Å². The Morgan fingerprint density at radius 1 is 1.07 bits per heavy atom. The number of likely N-dealkylation sites (tertiary alicyclic amines) is 1. The molecule has 8 heteroatoms. The number of aromatic amines is 1. The van der Waals surface area contributed by atoms with Crippen molar-refractivity contribution in [2.45, 2.75) is 24.9 Å². The first-order chi connectivity index (χ1) is 14.3. The first-order valence-electron chi connectivity index (χ1n) is 9.84. The number of halogens is 3. The van der Waals surface area contributed by atoms with Gasteiger partial charge in [-0.3, -0.25) is 0 Å². The Bertz CT molecular complexity index is 1050. The third kappa shape index (κ3) is 4.43. The normalized spacial score (nSPS) is 16.0. The highest BCUT2D eigenvalue weighted by atomic mass is 19.4. The van der Waals surface area contributed by atoms with Crippen molar-refractivity contribution in [2.24, 2.45) is 0 Å². The fraction of sp³-hybridized carbons (Fsp3) is 0.318.